The molecule has 0 saturated carbocycles. The summed E-state index contributed by atoms with van der Waals surface area (Å²) in [6, 6.07) is 0. The third-order valence-corrected chi connectivity index (χ3v) is 3.74. The first-order valence-electron chi connectivity index (χ1n) is 2.26. The molecule has 0 aromatic carbocycles. The van der Waals surface area contributed by atoms with Crippen LogP contribution in [0.5, 0.6) is 0 Å². The molecule has 0 aliphatic rings. The average molecular weight is 314 g/mol. The Morgan fingerprint density at radius 3 is 1.47 bits per heavy atom. The van der Waals surface area contributed by atoms with Gasteiger partial charge in [-0.15, -0.1) is 0 Å². The predicted molar refractivity (Wildman–Crippen MR) is 41.6 cm³/mol. The van der Waals surface area contributed by atoms with E-state index in [9.17, 15) is 18.6 Å². The molecule has 0 aromatic heterocycles. The Labute approximate surface area is 113 Å². The van der Waals surface area contributed by atoms with Gasteiger partial charge in [0.2, 0.25) is 0 Å². The van der Waals surface area contributed by atoms with E-state index in [0.717, 1.165) is 0 Å². The van der Waals surface area contributed by atoms with Gasteiger partial charge in [0.1, 0.15) is 0 Å². The molecule has 15 heteroatoms. The van der Waals surface area contributed by atoms with Gasteiger partial charge in [-0.25, -0.2) is 13.4 Å². The van der Waals surface area contributed by atoms with E-state index in [1.165, 1.54) is 0 Å². The molecule has 15 heavy (non-hydrogen) atoms. The van der Waals surface area contributed by atoms with Crippen LogP contribution >= 0.6 is 23.5 Å². The summed E-state index contributed by atoms with van der Waals surface area (Å²) >= 11 is 0. The van der Waals surface area contributed by atoms with Crippen molar-refractivity contribution < 1.29 is 52.3 Å². The van der Waals surface area contributed by atoms with E-state index in [2.05, 4.69) is 8.62 Å². The smallest absolute Gasteiger partial charge is 0.870 e. The fourth-order valence-corrected chi connectivity index (χ4v) is 2.79. The van der Waals surface area contributed by atoms with Crippen LogP contribution in [0, 0.1) is 0 Å². The van der Waals surface area contributed by atoms with Gasteiger partial charge in [0.05, 0.1) is 0 Å². The summed E-state index contributed by atoms with van der Waals surface area (Å²) in [7, 11) is -16.5. The van der Waals surface area contributed by atoms with Crippen LogP contribution in [0.3, 0.4) is 0 Å². The minimum Gasteiger partial charge on any atom is -0.870 e. The van der Waals surface area contributed by atoms with Crippen LogP contribution in [0.15, 0.2) is 0 Å². The molecule has 0 amide bonds. The molecule has 0 saturated heterocycles. The molecule has 2 atom stereocenters. The Kier molecular flexibility index (Phi) is 10.4. The number of hydrogen-bond donors (Lipinski definition) is 4. The van der Waals surface area contributed by atoms with E-state index in [1.807, 2.05) is 0 Å². The quantitative estimate of drug-likeness (QED) is 0.333. The van der Waals surface area contributed by atoms with Gasteiger partial charge in [-0.2, -0.15) is 4.31 Å². The first-order chi connectivity index (χ1) is 5.41. The second kappa shape index (κ2) is 7.15. The molecular formula is H5CaO11P3. The molecule has 5 N–H and O–H groups in total. The third kappa shape index (κ3) is 15.6. The maximum atomic E-state index is 10.3. The first-order valence-corrected chi connectivity index (χ1v) is 6.78. The maximum absolute atomic E-state index is 10.3. The zero-order valence-electron chi connectivity index (χ0n) is 6.73. The van der Waals surface area contributed by atoms with Crippen molar-refractivity contribution in [2.24, 2.45) is 0 Å². The Balaban J connectivity index is -0.000000720. The Hall–Kier alpha value is 1.63. The fraction of sp³-hybridized carbons (Fsp3) is 0. The van der Waals surface area contributed by atoms with Gasteiger partial charge in [-0.3, -0.25) is 4.57 Å². The maximum Gasteiger partial charge on any atom is 2.00 e. The van der Waals surface area contributed by atoms with E-state index in [4.69, 9.17) is 19.6 Å². The molecule has 0 radical (unpaired) electrons. The Morgan fingerprint density at radius 1 is 0.933 bits per heavy atom. The van der Waals surface area contributed by atoms with E-state index >= 15 is 0 Å². The van der Waals surface area contributed by atoms with Crippen molar-refractivity contribution in [3.63, 3.8) is 0 Å². The van der Waals surface area contributed by atoms with Gasteiger partial charge in [-0.1, -0.05) is 0 Å². The van der Waals surface area contributed by atoms with Crippen molar-refractivity contribution >= 4 is 61.2 Å². The molecular weight excluding hydrogens is 309 g/mol. The van der Waals surface area contributed by atoms with Crippen LogP contribution in [0.1, 0.15) is 0 Å². The summed E-state index contributed by atoms with van der Waals surface area (Å²) in [5.41, 5.74) is 0. The summed E-state index contributed by atoms with van der Waals surface area (Å²) in [6.45, 7) is 0. The fourth-order valence-electron chi connectivity index (χ4n) is 0.280. The van der Waals surface area contributed by atoms with Crippen LogP contribution in [-0.4, -0.2) is 62.8 Å². The summed E-state index contributed by atoms with van der Waals surface area (Å²) in [5, 5.41) is 0. The summed E-state index contributed by atoms with van der Waals surface area (Å²) < 4.78 is 36.1. The third-order valence-electron chi connectivity index (χ3n) is 0.416. The van der Waals surface area contributed by atoms with Gasteiger partial charge in [0, 0.05) is 0 Å². The SMILES string of the molecule is O=P([O-])(O)OP(=O)(O)OP(=O)(O)O.[Ca+2].[OH-]. The topological polar surface area (TPSA) is 204 Å². The molecule has 0 fully saturated rings. The minimum atomic E-state index is -5.60. The van der Waals surface area contributed by atoms with Gasteiger partial charge in [-0.05, 0) is 0 Å². The summed E-state index contributed by atoms with van der Waals surface area (Å²) in [6.07, 6.45) is 0. The second-order valence-electron chi connectivity index (χ2n) is 1.59. The van der Waals surface area contributed by atoms with Crippen LogP contribution in [-0.2, 0) is 22.3 Å². The average Bonchev–Trinajstić information content (AvgIpc) is 1.43. The van der Waals surface area contributed by atoms with Crippen molar-refractivity contribution in [1.82, 2.24) is 0 Å². The number of hydrogen-bond acceptors (Lipinski definition) is 7. The zero-order valence-corrected chi connectivity index (χ0v) is 11.6. The molecule has 0 rings (SSSR count). The Bertz CT molecular complexity index is 278. The van der Waals surface area contributed by atoms with Gasteiger partial charge in [0.15, 0.2) is 0 Å². The molecule has 0 bridgehead atoms. The van der Waals surface area contributed by atoms with Gasteiger partial charge >= 0.3 is 53.4 Å². The molecule has 11 nitrogen and oxygen atoms in total. The zero-order chi connectivity index (χ0) is 10.9. The van der Waals surface area contributed by atoms with Crippen molar-refractivity contribution in [2.75, 3.05) is 0 Å². The molecule has 2 unspecified atom stereocenters. The number of rotatable bonds is 4. The molecule has 0 aliphatic heterocycles. The van der Waals surface area contributed by atoms with E-state index < -0.39 is 23.5 Å². The van der Waals surface area contributed by atoms with Crippen LogP contribution in [0.25, 0.3) is 0 Å². The van der Waals surface area contributed by atoms with E-state index in [0.29, 0.717) is 0 Å². The molecule has 0 heterocycles. The van der Waals surface area contributed by atoms with Gasteiger partial charge in [0.25, 0.3) is 7.82 Å². The van der Waals surface area contributed by atoms with E-state index in [1.54, 1.807) is 0 Å². The molecule has 0 aromatic rings. The predicted octanol–water partition coefficient (Wildman–Crippen LogP) is -1.88. The summed E-state index contributed by atoms with van der Waals surface area (Å²) in [5.74, 6) is 0. The van der Waals surface area contributed by atoms with Crippen molar-refractivity contribution in [2.45, 2.75) is 0 Å². The summed E-state index contributed by atoms with van der Waals surface area (Å²) in [4.78, 5) is 41.9. The first kappa shape index (κ1) is 21.9. The van der Waals surface area contributed by atoms with Crippen LogP contribution in [0.2, 0.25) is 0 Å². The number of phosphoric acid groups is 3. The second-order valence-corrected chi connectivity index (χ2v) is 5.75. The van der Waals surface area contributed by atoms with E-state index in [-0.39, 0.29) is 43.2 Å². The molecule has 0 aliphatic carbocycles. The minimum absolute atomic E-state index is 0. The van der Waals surface area contributed by atoms with Crippen molar-refractivity contribution in [3.8, 4) is 0 Å². The largest absolute Gasteiger partial charge is 2.00 e. The standard InChI is InChI=1S/Ca.H5O10P3.H2O/c;1-11(2,3)9-13(7,8)10-12(4,5)6;/h;(H,7,8)(H2,1,2,3)(H2,4,5,6);1H2/q+2;;/p-2. The van der Waals surface area contributed by atoms with Gasteiger partial charge < -0.3 is 29.9 Å². The van der Waals surface area contributed by atoms with Crippen LogP contribution < -0.4 is 4.89 Å². The normalized spacial score (nSPS) is 19.0. The monoisotopic (exact) mass is 314 g/mol. The van der Waals surface area contributed by atoms with Crippen molar-refractivity contribution in [1.29, 1.82) is 0 Å². The van der Waals surface area contributed by atoms with Crippen molar-refractivity contribution in [3.05, 3.63) is 0 Å². The molecule has 88 valence electrons. The Morgan fingerprint density at radius 2 is 1.27 bits per heavy atom. The van der Waals surface area contributed by atoms with Crippen LogP contribution in [0.4, 0.5) is 0 Å². The molecule has 0 spiro atoms.